The number of hydrogen-bond donors (Lipinski definition) is 1. The van der Waals surface area contributed by atoms with Crippen LogP contribution in [0.3, 0.4) is 0 Å². The van der Waals surface area contributed by atoms with Gasteiger partial charge in [-0.1, -0.05) is 6.42 Å². The van der Waals surface area contributed by atoms with Gasteiger partial charge >= 0.3 is 0 Å². The van der Waals surface area contributed by atoms with Gasteiger partial charge in [-0.3, -0.25) is 4.79 Å². The number of carbonyl (C=O) groups is 1. The van der Waals surface area contributed by atoms with E-state index < -0.39 is 0 Å². The predicted molar refractivity (Wildman–Crippen MR) is 73.5 cm³/mol. The Morgan fingerprint density at radius 1 is 1.26 bits per heavy atom. The summed E-state index contributed by atoms with van der Waals surface area (Å²) < 4.78 is 5.52. The van der Waals surface area contributed by atoms with Crippen LogP contribution in [0.5, 0.6) is 0 Å². The van der Waals surface area contributed by atoms with Crippen molar-refractivity contribution >= 4 is 5.91 Å². The minimum Gasteiger partial charge on any atom is -0.375 e. The van der Waals surface area contributed by atoms with E-state index in [4.69, 9.17) is 10.5 Å². The Balaban J connectivity index is 1.64. The summed E-state index contributed by atoms with van der Waals surface area (Å²) in [5, 5.41) is 0. The van der Waals surface area contributed by atoms with Gasteiger partial charge in [-0.05, 0) is 44.4 Å². The van der Waals surface area contributed by atoms with Crippen molar-refractivity contribution in [2.75, 3.05) is 19.7 Å². The highest BCUT2D eigenvalue weighted by Gasteiger charge is 2.41. The van der Waals surface area contributed by atoms with Crippen molar-refractivity contribution in [1.29, 1.82) is 0 Å². The topological polar surface area (TPSA) is 55.6 Å². The first-order valence-corrected chi connectivity index (χ1v) is 7.81. The second kappa shape index (κ2) is 5.41. The van der Waals surface area contributed by atoms with Crippen molar-refractivity contribution in [3.63, 3.8) is 0 Å². The molecule has 2 aliphatic carbocycles. The summed E-state index contributed by atoms with van der Waals surface area (Å²) in [6.45, 7) is 4.26. The zero-order chi connectivity index (χ0) is 13.4. The van der Waals surface area contributed by atoms with Gasteiger partial charge in [0, 0.05) is 25.0 Å². The molecule has 2 bridgehead atoms. The standard InChI is InChI=1S/C15H26N2O2/c1-10-9-17(5-6-19-10)15(18)13-7-11-3-2-4-12(8-13)14(11)16/h10-14H,2-9,16H2,1H3. The van der Waals surface area contributed by atoms with Crippen LogP contribution in [0, 0.1) is 17.8 Å². The van der Waals surface area contributed by atoms with Crippen molar-refractivity contribution in [3.8, 4) is 0 Å². The van der Waals surface area contributed by atoms with Gasteiger partial charge in [0.2, 0.25) is 5.91 Å². The van der Waals surface area contributed by atoms with Gasteiger partial charge in [0.25, 0.3) is 0 Å². The highest BCUT2D eigenvalue weighted by atomic mass is 16.5. The lowest BCUT2D eigenvalue weighted by atomic mass is 9.65. The summed E-state index contributed by atoms with van der Waals surface area (Å²) in [5.41, 5.74) is 6.30. The minimum atomic E-state index is 0.183. The average molecular weight is 266 g/mol. The highest BCUT2D eigenvalue weighted by Crippen LogP contribution is 2.42. The average Bonchev–Trinajstić information content (AvgIpc) is 2.37. The summed E-state index contributed by atoms with van der Waals surface area (Å²) in [4.78, 5) is 14.7. The molecule has 3 atom stereocenters. The normalized spacial score (nSPS) is 43.1. The summed E-state index contributed by atoms with van der Waals surface area (Å²) in [5.74, 6) is 1.75. The lowest BCUT2D eigenvalue weighted by Gasteiger charge is -2.45. The molecular weight excluding hydrogens is 240 g/mol. The van der Waals surface area contributed by atoms with Gasteiger partial charge in [-0.2, -0.15) is 0 Å². The third kappa shape index (κ3) is 2.65. The van der Waals surface area contributed by atoms with E-state index in [2.05, 4.69) is 0 Å². The fourth-order valence-electron chi connectivity index (χ4n) is 4.27. The molecule has 0 aromatic heterocycles. The van der Waals surface area contributed by atoms with Crippen LogP contribution in [0.1, 0.15) is 39.0 Å². The molecule has 0 radical (unpaired) electrons. The van der Waals surface area contributed by atoms with Crippen LogP contribution in [-0.2, 0) is 9.53 Å². The highest BCUT2D eigenvalue weighted by molar-refractivity contribution is 5.79. The molecule has 3 fully saturated rings. The van der Waals surface area contributed by atoms with Crippen molar-refractivity contribution in [2.45, 2.75) is 51.2 Å². The quantitative estimate of drug-likeness (QED) is 0.780. The Labute approximate surface area is 115 Å². The molecule has 1 aliphatic heterocycles. The van der Waals surface area contributed by atoms with E-state index in [1.54, 1.807) is 0 Å². The Morgan fingerprint density at radius 3 is 2.58 bits per heavy atom. The van der Waals surface area contributed by atoms with Gasteiger partial charge in [0.1, 0.15) is 0 Å². The number of nitrogens with zero attached hydrogens (tertiary/aromatic N) is 1. The molecule has 2 saturated carbocycles. The van der Waals surface area contributed by atoms with Crippen LogP contribution in [0.25, 0.3) is 0 Å². The van der Waals surface area contributed by atoms with E-state index in [-0.39, 0.29) is 12.0 Å². The van der Waals surface area contributed by atoms with Crippen LogP contribution in [0.2, 0.25) is 0 Å². The van der Waals surface area contributed by atoms with Crippen molar-refractivity contribution in [2.24, 2.45) is 23.5 Å². The second-order valence-electron chi connectivity index (χ2n) is 6.66. The molecule has 4 nitrogen and oxygen atoms in total. The number of amides is 1. The first-order valence-electron chi connectivity index (χ1n) is 7.81. The third-order valence-electron chi connectivity index (χ3n) is 5.32. The molecule has 0 spiro atoms. The Bertz CT molecular complexity index is 333. The number of carbonyl (C=O) groups excluding carboxylic acids is 1. The number of fused-ring (bicyclic) bond motifs is 2. The van der Waals surface area contributed by atoms with Gasteiger partial charge in [0.05, 0.1) is 12.7 Å². The Kier molecular flexibility index (Phi) is 3.81. The van der Waals surface area contributed by atoms with Gasteiger partial charge < -0.3 is 15.4 Å². The largest absolute Gasteiger partial charge is 0.375 e. The number of rotatable bonds is 1. The summed E-state index contributed by atoms with van der Waals surface area (Å²) in [6.07, 6.45) is 5.97. The fourth-order valence-corrected chi connectivity index (χ4v) is 4.27. The third-order valence-corrected chi connectivity index (χ3v) is 5.32. The van der Waals surface area contributed by atoms with Crippen LogP contribution >= 0.6 is 0 Å². The fraction of sp³-hybridized carbons (Fsp3) is 0.933. The molecule has 1 heterocycles. The maximum Gasteiger partial charge on any atom is 0.225 e. The van der Waals surface area contributed by atoms with E-state index in [1.165, 1.54) is 19.3 Å². The smallest absolute Gasteiger partial charge is 0.225 e. The lowest BCUT2D eigenvalue weighted by molar-refractivity contribution is -0.145. The molecule has 3 aliphatic rings. The first kappa shape index (κ1) is 13.4. The van der Waals surface area contributed by atoms with Gasteiger partial charge in [-0.25, -0.2) is 0 Å². The monoisotopic (exact) mass is 266 g/mol. The zero-order valence-electron chi connectivity index (χ0n) is 11.9. The number of hydrogen-bond acceptors (Lipinski definition) is 3. The van der Waals surface area contributed by atoms with Crippen LogP contribution < -0.4 is 5.73 Å². The zero-order valence-corrected chi connectivity index (χ0v) is 11.9. The summed E-state index contributed by atoms with van der Waals surface area (Å²) in [7, 11) is 0. The molecule has 3 rings (SSSR count). The molecule has 108 valence electrons. The van der Waals surface area contributed by atoms with Crippen molar-refractivity contribution in [1.82, 2.24) is 4.90 Å². The van der Waals surface area contributed by atoms with E-state index in [0.717, 1.165) is 25.9 Å². The van der Waals surface area contributed by atoms with Crippen LogP contribution in [0.15, 0.2) is 0 Å². The predicted octanol–water partition coefficient (Wildman–Crippen LogP) is 1.39. The first-order chi connectivity index (χ1) is 9.15. The molecule has 2 N–H and O–H groups in total. The minimum absolute atomic E-state index is 0.183. The summed E-state index contributed by atoms with van der Waals surface area (Å²) in [6, 6.07) is 0.349. The molecule has 3 unspecified atom stereocenters. The molecule has 19 heavy (non-hydrogen) atoms. The van der Waals surface area contributed by atoms with Crippen molar-refractivity contribution < 1.29 is 9.53 Å². The van der Waals surface area contributed by atoms with E-state index in [1.807, 2.05) is 11.8 Å². The van der Waals surface area contributed by atoms with Gasteiger partial charge in [0.15, 0.2) is 0 Å². The number of morpholine rings is 1. The Hall–Kier alpha value is -0.610. The maximum absolute atomic E-state index is 12.7. The molecular formula is C15H26N2O2. The molecule has 1 saturated heterocycles. The van der Waals surface area contributed by atoms with Crippen LogP contribution in [-0.4, -0.2) is 42.6 Å². The molecule has 0 aromatic rings. The SMILES string of the molecule is CC1CN(C(=O)C2CC3CCCC(C2)C3N)CCO1. The van der Waals surface area contributed by atoms with Crippen LogP contribution in [0.4, 0.5) is 0 Å². The van der Waals surface area contributed by atoms with E-state index in [9.17, 15) is 4.79 Å². The summed E-state index contributed by atoms with van der Waals surface area (Å²) >= 11 is 0. The second-order valence-corrected chi connectivity index (χ2v) is 6.66. The molecule has 4 heteroatoms. The number of ether oxygens (including phenoxy) is 1. The maximum atomic E-state index is 12.7. The van der Waals surface area contributed by atoms with Crippen molar-refractivity contribution in [3.05, 3.63) is 0 Å². The Morgan fingerprint density at radius 2 is 1.95 bits per heavy atom. The number of nitrogens with two attached hydrogens (primary N) is 1. The van der Waals surface area contributed by atoms with Gasteiger partial charge in [-0.15, -0.1) is 0 Å². The lowest BCUT2D eigenvalue weighted by Crippen LogP contribution is -2.52. The van der Waals surface area contributed by atoms with E-state index in [0.29, 0.717) is 30.4 Å². The van der Waals surface area contributed by atoms with E-state index >= 15 is 0 Å². The molecule has 0 aromatic carbocycles. The molecule has 1 amide bonds.